The van der Waals surface area contributed by atoms with Crippen LogP contribution in [0.5, 0.6) is 0 Å². The van der Waals surface area contributed by atoms with Crippen molar-refractivity contribution in [3.05, 3.63) is 70.2 Å². The highest BCUT2D eigenvalue weighted by Gasteiger charge is 2.34. The number of rotatable bonds is 2. The molecule has 2 aromatic carbocycles. The van der Waals surface area contributed by atoms with Gasteiger partial charge in [-0.25, -0.2) is 0 Å². The minimum absolute atomic E-state index is 0.0719. The fraction of sp³-hybridized carbons (Fsp3) is 0.118. The molecule has 0 bridgehead atoms. The molecule has 0 spiro atoms. The van der Waals surface area contributed by atoms with Crippen molar-refractivity contribution in [2.24, 2.45) is 0 Å². The molecule has 1 amide bonds. The molecule has 2 aromatic rings. The van der Waals surface area contributed by atoms with Crippen molar-refractivity contribution < 1.29 is 18.0 Å². The van der Waals surface area contributed by atoms with Gasteiger partial charge in [-0.1, -0.05) is 41.6 Å². The van der Waals surface area contributed by atoms with Crippen molar-refractivity contribution in [3.8, 4) is 11.8 Å². The Balaban J connectivity index is 2.04. The lowest BCUT2D eigenvalue weighted by Crippen LogP contribution is -2.26. The lowest BCUT2D eigenvalue weighted by atomic mass is 10.1. The van der Waals surface area contributed by atoms with Crippen molar-refractivity contribution in [3.63, 3.8) is 0 Å². The summed E-state index contributed by atoms with van der Waals surface area (Å²) in [6.45, 7) is -0.0719. The first-order chi connectivity index (χ1) is 10.9. The highest BCUT2D eigenvalue weighted by molar-refractivity contribution is 6.30. The maximum atomic E-state index is 12.8. The van der Waals surface area contributed by atoms with E-state index in [1.54, 1.807) is 24.3 Å². The standard InChI is InChI=1S/C17H11ClF3NO/c18-13-7-3-5-12(11-13)6-4-10-22-16(23)14-8-1-2-9-15(14)17(19,20)21/h1-3,5,7-9,11H,10H2,(H,22,23). The lowest BCUT2D eigenvalue weighted by Gasteiger charge is -2.11. The predicted molar refractivity (Wildman–Crippen MR) is 82.1 cm³/mol. The van der Waals surface area contributed by atoms with Gasteiger partial charge in [0.05, 0.1) is 17.7 Å². The third kappa shape index (κ3) is 4.76. The average molecular weight is 338 g/mol. The first-order valence-corrected chi connectivity index (χ1v) is 6.94. The van der Waals surface area contributed by atoms with E-state index in [2.05, 4.69) is 17.2 Å². The van der Waals surface area contributed by atoms with E-state index >= 15 is 0 Å². The molecule has 1 N–H and O–H groups in total. The number of hydrogen-bond acceptors (Lipinski definition) is 1. The zero-order valence-corrected chi connectivity index (χ0v) is 12.5. The highest BCUT2D eigenvalue weighted by Crippen LogP contribution is 2.31. The molecule has 2 nitrogen and oxygen atoms in total. The number of carbonyl (C=O) groups is 1. The van der Waals surface area contributed by atoms with Crippen molar-refractivity contribution >= 4 is 17.5 Å². The monoisotopic (exact) mass is 337 g/mol. The van der Waals surface area contributed by atoms with Crippen LogP contribution in [0.2, 0.25) is 5.02 Å². The van der Waals surface area contributed by atoms with Gasteiger partial charge in [0, 0.05) is 10.6 Å². The highest BCUT2D eigenvalue weighted by atomic mass is 35.5. The summed E-state index contributed by atoms with van der Waals surface area (Å²) in [4.78, 5) is 11.9. The largest absolute Gasteiger partial charge is 0.417 e. The Kier molecular flexibility index (Phi) is 5.30. The molecule has 0 aromatic heterocycles. The van der Waals surface area contributed by atoms with E-state index in [0.29, 0.717) is 10.6 Å². The van der Waals surface area contributed by atoms with Crippen LogP contribution in [0.4, 0.5) is 13.2 Å². The summed E-state index contributed by atoms with van der Waals surface area (Å²) >= 11 is 5.80. The summed E-state index contributed by atoms with van der Waals surface area (Å²) in [5.41, 5.74) is -0.743. The summed E-state index contributed by atoms with van der Waals surface area (Å²) in [5, 5.41) is 2.88. The van der Waals surface area contributed by atoms with Gasteiger partial charge in [-0.3, -0.25) is 4.79 Å². The molecule has 2 rings (SSSR count). The maximum Gasteiger partial charge on any atom is 0.417 e. The molecule has 0 atom stereocenters. The number of hydrogen-bond donors (Lipinski definition) is 1. The van der Waals surface area contributed by atoms with Crippen molar-refractivity contribution in [1.29, 1.82) is 0 Å². The lowest BCUT2D eigenvalue weighted by molar-refractivity contribution is -0.137. The molecular weight excluding hydrogens is 327 g/mol. The summed E-state index contributed by atoms with van der Waals surface area (Å²) in [5.74, 6) is 4.61. The summed E-state index contributed by atoms with van der Waals surface area (Å²) in [6.07, 6.45) is -4.58. The van der Waals surface area contributed by atoms with Crippen LogP contribution >= 0.6 is 11.6 Å². The molecule has 0 fully saturated rings. The van der Waals surface area contributed by atoms with Crippen molar-refractivity contribution in [2.75, 3.05) is 6.54 Å². The molecule has 0 unspecified atom stereocenters. The Hall–Kier alpha value is -2.45. The molecule has 118 valence electrons. The van der Waals surface area contributed by atoms with Crippen LogP contribution in [0, 0.1) is 11.8 Å². The van der Waals surface area contributed by atoms with Crippen LogP contribution in [0.25, 0.3) is 0 Å². The second-order valence-corrected chi connectivity index (χ2v) is 4.97. The van der Waals surface area contributed by atoms with E-state index < -0.39 is 23.2 Å². The molecule has 0 aliphatic heterocycles. The van der Waals surface area contributed by atoms with Crippen LogP contribution in [-0.2, 0) is 6.18 Å². The second-order valence-electron chi connectivity index (χ2n) is 4.54. The summed E-state index contributed by atoms with van der Waals surface area (Å²) in [7, 11) is 0. The van der Waals surface area contributed by atoms with Gasteiger partial charge in [0.2, 0.25) is 0 Å². The first-order valence-electron chi connectivity index (χ1n) is 6.57. The van der Waals surface area contributed by atoms with Gasteiger partial charge in [-0.05, 0) is 30.3 Å². The zero-order valence-electron chi connectivity index (χ0n) is 11.7. The van der Waals surface area contributed by atoms with Gasteiger partial charge >= 0.3 is 6.18 Å². The molecule has 0 aliphatic rings. The Bertz CT molecular complexity index is 775. The fourth-order valence-electron chi connectivity index (χ4n) is 1.86. The molecule has 0 saturated heterocycles. The van der Waals surface area contributed by atoms with E-state index in [1.807, 2.05) is 0 Å². The fourth-order valence-corrected chi connectivity index (χ4v) is 2.05. The molecular formula is C17H11ClF3NO. The second kappa shape index (κ2) is 7.21. The van der Waals surface area contributed by atoms with Crippen molar-refractivity contribution in [1.82, 2.24) is 5.32 Å². The van der Waals surface area contributed by atoms with Crippen LogP contribution in [0.3, 0.4) is 0 Å². The van der Waals surface area contributed by atoms with E-state index in [-0.39, 0.29) is 6.54 Å². The minimum Gasteiger partial charge on any atom is -0.341 e. The number of benzene rings is 2. The molecule has 23 heavy (non-hydrogen) atoms. The number of amides is 1. The smallest absolute Gasteiger partial charge is 0.341 e. The van der Waals surface area contributed by atoms with Crippen molar-refractivity contribution in [2.45, 2.75) is 6.18 Å². The number of nitrogens with one attached hydrogen (secondary N) is 1. The van der Waals surface area contributed by atoms with Gasteiger partial charge in [0.15, 0.2) is 0 Å². The van der Waals surface area contributed by atoms with Crippen LogP contribution in [0.15, 0.2) is 48.5 Å². The first kappa shape index (κ1) is 16.9. The van der Waals surface area contributed by atoms with Gasteiger partial charge < -0.3 is 5.32 Å². The SMILES string of the molecule is O=C(NCC#Cc1cccc(Cl)c1)c1ccccc1C(F)(F)F. The Morgan fingerprint density at radius 1 is 1.13 bits per heavy atom. The Morgan fingerprint density at radius 3 is 2.57 bits per heavy atom. The third-order valence-corrected chi connectivity index (χ3v) is 3.11. The average Bonchev–Trinajstić information content (AvgIpc) is 2.50. The third-order valence-electron chi connectivity index (χ3n) is 2.87. The van der Waals surface area contributed by atoms with Gasteiger partial charge in [0.25, 0.3) is 5.91 Å². The molecule has 0 aliphatic carbocycles. The number of halogens is 4. The number of alkyl halides is 3. The minimum atomic E-state index is -4.58. The summed E-state index contributed by atoms with van der Waals surface area (Å²) < 4.78 is 38.5. The van der Waals surface area contributed by atoms with Gasteiger partial charge in [0.1, 0.15) is 0 Å². The number of carbonyl (C=O) groups excluding carboxylic acids is 1. The molecule has 0 heterocycles. The van der Waals surface area contributed by atoms with Gasteiger partial charge in [-0.2, -0.15) is 13.2 Å². The van der Waals surface area contributed by atoms with Crippen LogP contribution in [-0.4, -0.2) is 12.5 Å². The Morgan fingerprint density at radius 2 is 1.87 bits per heavy atom. The van der Waals surface area contributed by atoms with Crippen LogP contribution < -0.4 is 5.32 Å². The molecule has 0 radical (unpaired) electrons. The summed E-state index contributed by atoms with van der Waals surface area (Å²) in [6, 6.07) is 11.4. The maximum absolute atomic E-state index is 12.8. The van der Waals surface area contributed by atoms with E-state index in [4.69, 9.17) is 11.6 Å². The predicted octanol–water partition coefficient (Wildman–Crippen LogP) is 4.14. The van der Waals surface area contributed by atoms with Gasteiger partial charge in [-0.15, -0.1) is 0 Å². The topological polar surface area (TPSA) is 29.1 Å². The van der Waals surface area contributed by atoms with Crippen LogP contribution in [0.1, 0.15) is 21.5 Å². The molecule has 0 saturated carbocycles. The normalized spacial score (nSPS) is 10.6. The van der Waals surface area contributed by atoms with E-state index in [1.165, 1.54) is 12.1 Å². The van der Waals surface area contributed by atoms with E-state index in [0.717, 1.165) is 12.1 Å². The Labute approximate surface area is 136 Å². The van der Waals surface area contributed by atoms with E-state index in [9.17, 15) is 18.0 Å². The quantitative estimate of drug-likeness (QED) is 0.820. The zero-order chi connectivity index (χ0) is 16.9. The molecule has 6 heteroatoms.